The lowest BCUT2D eigenvalue weighted by Gasteiger charge is -2.29. The van der Waals surface area contributed by atoms with Crippen LogP contribution in [0.4, 0.5) is 0 Å². The lowest BCUT2D eigenvalue weighted by molar-refractivity contribution is -0.160. The minimum Gasteiger partial charge on any atom is -0.453 e. The molecule has 7 nitrogen and oxygen atoms in total. The van der Waals surface area contributed by atoms with Gasteiger partial charge in [-0.2, -0.15) is 0 Å². The van der Waals surface area contributed by atoms with Gasteiger partial charge in [-0.05, 0) is 51.2 Å². The van der Waals surface area contributed by atoms with Crippen molar-refractivity contribution in [2.75, 3.05) is 0 Å². The van der Waals surface area contributed by atoms with E-state index in [0.29, 0.717) is 11.5 Å². The lowest BCUT2D eigenvalue weighted by atomic mass is 9.84. The van der Waals surface area contributed by atoms with Crippen LogP contribution in [0.2, 0.25) is 0 Å². The zero-order chi connectivity index (χ0) is 24.7. The van der Waals surface area contributed by atoms with E-state index in [1.165, 1.54) is 11.3 Å². The normalized spacial score (nSPS) is 34.2. The van der Waals surface area contributed by atoms with E-state index in [-0.39, 0.29) is 24.2 Å². The first-order chi connectivity index (χ1) is 15.5. The van der Waals surface area contributed by atoms with Crippen LogP contribution < -0.4 is 5.73 Å². The Labute approximate surface area is 201 Å². The summed E-state index contributed by atoms with van der Waals surface area (Å²) in [4.78, 5) is 30.0. The molecule has 0 amide bonds. The molecule has 1 aliphatic heterocycles. The summed E-state index contributed by atoms with van der Waals surface area (Å²) in [7, 11) is 0. The number of cyclic esters (lactones) is 1. The molecule has 8 heteroatoms. The zero-order valence-electron chi connectivity index (χ0n) is 20.7. The molecule has 0 spiro atoms. The molecule has 7 unspecified atom stereocenters. The fourth-order valence-electron chi connectivity index (χ4n) is 4.36. The highest BCUT2D eigenvalue weighted by Gasteiger charge is 2.32. The number of aryl methyl sites for hydroxylation is 1. The van der Waals surface area contributed by atoms with Gasteiger partial charge in [-0.1, -0.05) is 33.6 Å². The predicted octanol–water partition coefficient (Wildman–Crippen LogP) is 4.26. The molecule has 2 heterocycles. The number of aliphatic hydroxyl groups excluding tert-OH is 1. The fraction of sp³-hybridized carbons (Fsp3) is 0.720. The van der Waals surface area contributed by atoms with E-state index < -0.39 is 30.3 Å². The van der Waals surface area contributed by atoms with Gasteiger partial charge in [0.1, 0.15) is 12.0 Å². The fourth-order valence-corrected chi connectivity index (χ4v) is 4.93. The second-order valence-corrected chi connectivity index (χ2v) is 10.7. The highest BCUT2D eigenvalue weighted by atomic mass is 32.1. The summed E-state index contributed by atoms with van der Waals surface area (Å²) < 4.78 is 11.7. The van der Waals surface area contributed by atoms with Crippen LogP contribution in [0.1, 0.15) is 77.4 Å². The zero-order valence-corrected chi connectivity index (χ0v) is 21.6. The largest absolute Gasteiger partial charge is 0.453 e. The Morgan fingerprint density at radius 1 is 1.24 bits per heavy atom. The molecule has 1 aliphatic rings. The van der Waals surface area contributed by atoms with Gasteiger partial charge in [0.25, 0.3) is 0 Å². The number of hydrogen-bond donors (Lipinski definition) is 2. The molecule has 0 radical (unpaired) electrons. The monoisotopic (exact) mass is 480 g/mol. The average molecular weight is 481 g/mol. The molecular formula is C25H40N2O5S. The summed E-state index contributed by atoms with van der Waals surface area (Å²) in [6.45, 7) is 11.4. The Bertz CT molecular complexity index is 823. The van der Waals surface area contributed by atoms with Gasteiger partial charge in [-0.15, -0.1) is 11.3 Å². The summed E-state index contributed by atoms with van der Waals surface area (Å²) in [5.74, 6) is -1.07. The number of aromatic nitrogens is 1. The van der Waals surface area contributed by atoms with Gasteiger partial charge in [0.2, 0.25) is 0 Å². The van der Waals surface area contributed by atoms with Gasteiger partial charge in [-0.25, -0.2) is 4.98 Å². The Hall–Kier alpha value is -1.61. The van der Waals surface area contributed by atoms with Crippen molar-refractivity contribution in [3.63, 3.8) is 0 Å². The van der Waals surface area contributed by atoms with Crippen LogP contribution in [0.15, 0.2) is 11.0 Å². The first-order valence-corrected chi connectivity index (χ1v) is 12.8. The molecule has 1 fully saturated rings. The second kappa shape index (κ2) is 12.7. The summed E-state index contributed by atoms with van der Waals surface area (Å²) >= 11 is 1.53. The van der Waals surface area contributed by atoms with Crippen LogP contribution >= 0.6 is 11.3 Å². The number of hydrogen-bond acceptors (Lipinski definition) is 8. The molecule has 1 aromatic heterocycles. The van der Waals surface area contributed by atoms with E-state index in [9.17, 15) is 14.7 Å². The maximum absolute atomic E-state index is 12.8. The Morgan fingerprint density at radius 2 is 1.94 bits per heavy atom. The number of ether oxygens (including phenoxy) is 2. The third kappa shape index (κ3) is 8.59. The van der Waals surface area contributed by atoms with Gasteiger partial charge in [-0.3, -0.25) is 9.59 Å². The van der Waals surface area contributed by atoms with Crippen LogP contribution in [-0.2, 0) is 19.1 Å². The molecule has 0 bridgehead atoms. The summed E-state index contributed by atoms with van der Waals surface area (Å²) in [5.41, 5.74) is 7.82. The van der Waals surface area contributed by atoms with Crippen LogP contribution in [0.25, 0.3) is 6.08 Å². The van der Waals surface area contributed by atoms with Crippen LogP contribution in [0.3, 0.4) is 0 Å². The molecule has 3 N–H and O–H groups in total. The first kappa shape index (κ1) is 27.6. The number of nitrogens with zero attached hydrogens (tertiary/aromatic N) is 1. The Kier molecular flexibility index (Phi) is 10.7. The molecule has 0 aliphatic carbocycles. The third-order valence-corrected chi connectivity index (χ3v) is 7.15. The van der Waals surface area contributed by atoms with Crippen LogP contribution in [0.5, 0.6) is 0 Å². The average Bonchev–Trinajstić information content (AvgIpc) is 3.14. The molecule has 33 heavy (non-hydrogen) atoms. The van der Waals surface area contributed by atoms with Gasteiger partial charge < -0.3 is 20.3 Å². The highest BCUT2D eigenvalue weighted by Crippen LogP contribution is 2.25. The minimum absolute atomic E-state index is 0.0193. The van der Waals surface area contributed by atoms with Crippen molar-refractivity contribution < 1.29 is 24.2 Å². The van der Waals surface area contributed by atoms with E-state index >= 15 is 0 Å². The Morgan fingerprint density at radius 3 is 2.58 bits per heavy atom. The second-order valence-electron chi connectivity index (χ2n) is 9.64. The first-order valence-electron chi connectivity index (χ1n) is 11.9. The van der Waals surface area contributed by atoms with E-state index in [1.807, 2.05) is 39.2 Å². The number of ketones is 1. The summed E-state index contributed by atoms with van der Waals surface area (Å²) in [6.07, 6.45) is 2.16. The molecular weight excluding hydrogens is 440 g/mol. The molecule has 1 saturated heterocycles. The van der Waals surface area contributed by atoms with Crippen molar-refractivity contribution >= 4 is 29.2 Å². The van der Waals surface area contributed by atoms with Crippen molar-refractivity contribution in [2.45, 2.75) is 98.2 Å². The van der Waals surface area contributed by atoms with Crippen molar-refractivity contribution in [3.05, 3.63) is 21.7 Å². The van der Waals surface area contributed by atoms with E-state index in [0.717, 1.165) is 36.4 Å². The number of rotatable bonds is 2. The van der Waals surface area contributed by atoms with E-state index in [1.54, 1.807) is 6.92 Å². The number of Topliss-reactive ketones (excluding diaryl/α,β-unsaturated/α-hetero) is 1. The smallest absolute Gasteiger partial charge is 0.309 e. The van der Waals surface area contributed by atoms with Gasteiger partial charge in [0, 0.05) is 17.2 Å². The van der Waals surface area contributed by atoms with Gasteiger partial charge >= 0.3 is 5.97 Å². The van der Waals surface area contributed by atoms with Gasteiger partial charge in [0.05, 0.1) is 29.3 Å². The highest BCUT2D eigenvalue weighted by molar-refractivity contribution is 7.09. The number of esters is 1. The molecule has 0 saturated carbocycles. The number of carbonyl (C=O) groups is 2. The van der Waals surface area contributed by atoms with Crippen molar-refractivity contribution in [2.24, 2.45) is 23.5 Å². The lowest BCUT2D eigenvalue weighted by Crippen LogP contribution is -2.43. The number of thiazole rings is 1. The van der Waals surface area contributed by atoms with Crippen molar-refractivity contribution in [1.82, 2.24) is 4.98 Å². The minimum atomic E-state index is -1.11. The molecule has 7 atom stereocenters. The van der Waals surface area contributed by atoms with Gasteiger partial charge in [0.15, 0.2) is 6.10 Å². The van der Waals surface area contributed by atoms with Crippen LogP contribution in [-0.4, -0.2) is 46.4 Å². The maximum atomic E-state index is 12.8. The van der Waals surface area contributed by atoms with E-state index in [2.05, 4.69) is 11.9 Å². The number of aliphatic hydroxyl groups is 1. The summed E-state index contributed by atoms with van der Waals surface area (Å²) in [6, 6.07) is 0. The van der Waals surface area contributed by atoms with Crippen LogP contribution in [0, 0.1) is 24.7 Å². The molecule has 0 aromatic carbocycles. The third-order valence-electron chi connectivity index (χ3n) is 6.36. The van der Waals surface area contributed by atoms with Crippen molar-refractivity contribution in [1.29, 1.82) is 0 Å². The molecule has 2 rings (SSSR count). The Balaban J connectivity index is 2.26. The predicted molar refractivity (Wildman–Crippen MR) is 130 cm³/mol. The topological polar surface area (TPSA) is 112 Å². The summed E-state index contributed by atoms with van der Waals surface area (Å²) in [5, 5.41) is 13.4. The molecule has 186 valence electrons. The van der Waals surface area contributed by atoms with E-state index in [4.69, 9.17) is 15.2 Å². The quantitative estimate of drug-likeness (QED) is 0.608. The van der Waals surface area contributed by atoms with Crippen molar-refractivity contribution in [3.8, 4) is 0 Å². The standard InChI is InChI=1S/C25H40N2O5S/c1-14-8-7-9-17(4)31-25(26)24(16(3)11-20-13-33-19(6)27-20)32-22(29)12-21(28)18(5)23(30)15(2)10-14/h11,13-15,17-18,21,24-25,28H,7-10,12,26H2,1-6H3. The number of carbonyl (C=O) groups excluding carboxylic acids is 2. The SMILES string of the molecule is CC(=Cc1csc(C)n1)C1OC(=O)CC(O)C(C)C(=O)C(C)CC(C)CCCC(C)OC1N. The molecule has 1 aromatic rings. The number of nitrogens with two attached hydrogens (primary N) is 1. The maximum Gasteiger partial charge on any atom is 0.309 e.